The average molecular weight is 501 g/mol. The van der Waals surface area contributed by atoms with Crippen molar-refractivity contribution in [3.05, 3.63) is 35.5 Å². The van der Waals surface area contributed by atoms with E-state index in [0.29, 0.717) is 30.3 Å². The van der Waals surface area contributed by atoms with Crippen molar-refractivity contribution in [1.29, 1.82) is 0 Å². The molecule has 0 aromatic heterocycles. The number of hydrogen-bond donors (Lipinski definition) is 3. The normalized spacial score (nSPS) is 46.1. The largest absolute Gasteiger partial charge is 0.388 e. The fourth-order valence-corrected chi connectivity index (χ4v) is 9.80. The molecule has 0 spiro atoms. The van der Waals surface area contributed by atoms with Gasteiger partial charge >= 0.3 is 0 Å². The van der Waals surface area contributed by atoms with E-state index in [1.54, 1.807) is 0 Å². The van der Waals surface area contributed by atoms with E-state index in [9.17, 15) is 15.3 Å². The molecule has 7 rings (SSSR count). The van der Waals surface area contributed by atoms with E-state index < -0.39 is 18.3 Å². The second-order valence-corrected chi connectivity index (χ2v) is 13.8. The van der Waals surface area contributed by atoms with E-state index in [1.165, 1.54) is 56.9 Å². The van der Waals surface area contributed by atoms with Crippen molar-refractivity contribution in [3.8, 4) is 23.7 Å². The third-order valence-corrected chi connectivity index (χ3v) is 11.4. The highest BCUT2D eigenvalue weighted by Gasteiger charge is 2.54. The summed E-state index contributed by atoms with van der Waals surface area (Å²) in [6.07, 6.45) is 17.2. The number of allylic oxidation sites excluding steroid dienone is 3. The molecule has 37 heavy (non-hydrogen) atoms. The summed E-state index contributed by atoms with van der Waals surface area (Å²) in [5, 5.41) is 31.5. The molecule has 0 aromatic carbocycles. The lowest BCUT2D eigenvalue weighted by Gasteiger charge is -2.57. The van der Waals surface area contributed by atoms with Gasteiger partial charge in [0.05, 0.1) is 12.2 Å². The Labute approximate surface area is 223 Å². The van der Waals surface area contributed by atoms with Crippen LogP contribution in [0.3, 0.4) is 0 Å². The lowest BCUT2D eigenvalue weighted by atomic mass is 9.48. The molecule has 6 atom stereocenters. The molecule has 198 valence electrons. The Morgan fingerprint density at radius 1 is 0.946 bits per heavy atom. The molecule has 3 heteroatoms. The van der Waals surface area contributed by atoms with Gasteiger partial charge in [0, 0.05) is 11.3 Å². The first-order valence-electron chi connectivity index (χ1n) is 14.9. The monoisotopic (exact) mass is 500 g/mol. The van der Waals surface area contributed by atoms with Gasteiger partial charge in [-0.05, 0) is 130 Å². The maximum Gasteiger partial charge on any atom is 0.121 e. The Bertz CT molecular complexity index is 1070. The molecule has 0 amide bonds. The van der Waals surface area contributed by atoms with Crippen LogP contribution >= 0.6 is 0 Å². The third-order valence-electron chi connectivity index (χ3n) is 11.4. The fourth-order valence-electron chi connectivity index (χ4n) is 9.80. The summed E-state index contributed by atoms with van der Waals surface area (Å²) in [6, 6.07) is 0. The van der Waals surface area contributed by atoms with Gasteiger partial charge in [0.25, 0.3) is 0 Å². The molecule has 1 unspecified atom stereocenters. The van der Waals surface area contributed by atoms with Crippen LogP contribution in [0, 0.1) is 64.1 Å². The maximum atomic E-state index is 11.1. The SMILES string of the molecule is C=C1[C@H](O)CC(=C/C=C2\CCC[C@@]3(C)C2CC[C@@H]3C#CC#C[C@H](O)C23CC4CC(CC(C4)C2)C3)C[C@H]1O. The highest BCUT2D eigenvalue weighted by molar-refractivity contribution is 5.34. The molecule has 7 aliphatic rings. The summed E-state index contributed by atoms with van der Waals surface area (Å²) in [5.41, 5.74) is 3.37. The van der Waals surface area contributed by atoms with Gasteiger partial charge in [0.15, 0.2) is 0 Å². The molecule has 0 aromatic rings. The molecule has 7 fully saturated rings. The second-order valence-electron chi connectivity index (χ2n) is 13.8. The summed E-state index contributed by atoms with van der Waals surface area (Å²) in [6.45, 7) is 6.24. The molecular weight excluding hydrogens is 456 g/mol. The Morgan fingerprint density at radius 3 is 2.24 bits per heavy atom. The summed E-state index contributed by atoms with van der Waals surface area (Å²) < 4.78 is 0. The molecule has 0 saturated heterocycles. The topological polar surface area (TPSA) is 60.7 Å². The van der Waals surface area contributed by atoms with Crippen LogP contribution in [0.1, 0.15) is 90.4 Å². The predicted molar refractivity (Wildman–Crippen MR) is 147 cm³/mol. The predicted octanol–water partition coefficient (Wildman–Crippen LogP) is 5.71. The van der Waals surface area contributed by atoms with Crippen LogP contribution in [0.5, 0.6) is 0 Å². The summed E-state index contributed by atoms with van der Waals surface area (Å²) in [4.78, 5) is 0. The molecule has 0 radical (unpaired) electrons. The molecule has 4 bridgehead atoms. The molecule has 0 heterocycles. The number of fused-ring (bicyclic) bond motifs is 1. The van der Waals surface area contributed by atoms with Gasteiger partial charge in [-0.3, -0.25) is 0 Å². The van der Waals surface area contributed by atoms with Crippen molar-refractivity contribution in [2.24, 2.45) is 40.4 Å². The first-order chi connectivity index (χ1) is 17.8. The van der Waals surface area contributed by atoms with Crippen molar-refractivity contribution < 1.29 is 15.3 Å². The summed E-state index contributed by atoms with van der Waals surface area (Å²) in [5.74, 6) is 16.4. The van der Waals surface area contributed by atoms with Crippen molar-refractivity contribution in [2.75, 3.05) is 0 Å². The van der Waals surface area contributed by atoms with Gasteiger partial charge in [-0.25, -0.2) is 0 Å². The number of rotatable bonds is 2. The maximum absolute atomic E-state index is 11.1. The van der Waals surface area contributed by atoms with Crippen LogP contribution < -0.4 is 0 Å². The first kappa shape index (κ1) is 25.5. The number of hydrogen-bond acceptors (Lipinski definition) is 3. The highest BCUT2D eigenvalue weighted by Crippen LogP contribution is 2.61. The van der Waals surface area contributed by atoms with Gasteiger partial charge in [-0.15, -0.1) is 0 Å². The first-order valence-corrected chi connectivity index (χ1v) is 14.9. The lowest BCUT2D eigenvalue weighted by molar-refractivity contribution is -0.101. The Hall–Kier alpha value is -1.78. The number of aliphatic hydroxyl groups is 3. The molecule has 3 N–H and O–H groups in total. The zero-order chi connectivity index (χ0) is 25.8. The van der Waals surface area contributed by atoms with Crippen molar-refractivity contribution >= 4 is 0 Å². The molecule has 3 nitrogen and oxygen atoms in total. The Balaban J connectivity index is 1.13. The Morgan fingerprint density at radius 2 is 1.59 bits per heavy atom. The Kier molecular flexibility index (Phi) is 6.72. The summed E-state index contributed by atoms with van der Waals surface area (Å²) >= 11 is 0. The van der Waals surface area contributed by atoms with Crippen LogP contribution in [-0.4, -0.2) is 33.6 Å². The third kappa shape index (κ3) is 4.67. The fraction of sp³-hybridized carbons (Fsp3) is 0.706. The van der Waals surface area contributed by atoms with Crippen LogP contribution in [0.15, 0.2) is 35.5 Å². The van der Waals surface area contributed by atoms with E-state index >= 15 is 0 Å². The zero-order valence-corrected chi connectivity index (χ0v) is 22.5. The van der Waals surface area contributed by atoms with E-state index in [4.69, 9.17) is 0 Å². The van der Waals surface area contributed by atoms with E-state index in [-0.39, 0.29) is 10.8 Å². The van der Waals surface area contributed by atoms with E-state index in [0.717, 1.165) is 42.6 Å². The van der Waals surface area contributed by atoms with Gasteiger partial charge in [0.1, 0.15) is 6.10 Å². The van der Waals surface area contributed by atoms with Gasteiger partial charge in [0.2, 0.25) is 0 Å². The molecule has 7 aliphatic carbocycles. The minimum Gasteiger partial charge on any atom is -0.388 e. The zero-order valence-electron chi connectivity index (χ0n) is 22.5. The van der Waals surface area contributed by atoms with Gasteiger partial charge < -0.3 is 15.3 Å². The van der Waals surface area contributed by atoms with Crippen LogP contribution in [0.25, 0.3) is 0 Å². The minimum absolute atomic E-state index is 0.0447. The van der Waals surface area contributed by atoms with Gasteiger partial charge in [-0.1, -0.05) is 48.6 Å². The lowest BCUT2D eigenvalue weighted by Crippen LogP contribution is -2.51. The summed E-state index contributed by atoms with van der Waals surface area (Å²) in [7, 11) is 0. The molecular formula is C34H44O3. The van der Waals surface area contributed by atoms with E-state index in [2.05, 4.69) is 49.3 Å². The number of aliphatic hydroxyl groups excluding tert-OH is 3. The standard InChI is InChI=1S/C34H44O3/c1-22-30(35)17-23(18-31(22)36)9-10-27-6-5-13-33(2)28(11-12-29(27)33)7-3-4-8-32(37)34-19-24-14-25(20-34)16-26(15-24)21-34/h9-10,24-26,28-32,35-37H,1,5-6,11-21H2,2H3/b27-10+/t24?,25?,26?,28-,29?,30+,31+,32-,33+,34?/m0/s1. The minimum atomic E-state index is -0.640. The van der Waals surface area contributed by atoms with Crippen molar-refractivity contribution in [1.82, 2.24) is 0 Å². The van der Waals surface area contributed by atoms with Crippen molar-refractivity contribution in [3.63, 3.8) is 0 Å². The highest BCUT2D eigenvalue weighted by atomic mass is 16.3. The van der Waals surface area contributed by atoms with Crippen LogP contribution in [-0.2, 0) is 0 Å². The van der Waals surface area contributed by atoms with Gasteiger partial charge in [-0.2, -0.15) is 0 Å². The average Bonchev–Trinajstić information content (AvgIpc) is 3.19. The van der Waals surface area contributed by atoms with Crippen LogP contribution in [0.2, 0.25) is 0 Å². The van der Waals surface area contributed by atoms with E-state index in [1.807, 2.05) is 0 Å². The van der Waals surface area contributed by atoms with Crippen molar-refractivity contribution in [2.45, 2.75) is 109 Å². The molecule has 7 saturated carbocycles. The quantitative estimate of drug-likeness (QED) is 0.336. The smallest absolute Gasteiger partial charge is 0.121 e. The second kappa shape index (κ2) is 9.75. The van der Waals surface area contributed by atoms with Crippen LogP contribution in [0.4, 0.5) is 0 Å². The molecule has 0 aliphatic heterocycles.